The molecule has 3 aromatic carbocycles. The van der Waals surface area contributed by atoms with E-state index in [2.05, 4.69) is 55.1 Å². The second-order valence-corrected chi connectivity index (χ2v) is 11.5. The van der Waals surface area contributed by atoms with Crippen LogP contribution in [-0.4, -0.2) is 50.1 Å². The first kappa shape index (κ1) is 31.8. The number of aryl methyl sites for hydroxylation is 1. The monoisotopic (exact) mass is 597 g/mol. The largest absolute Gasteiger partial charge is 0.457 e. The van der Waals surface area contributed by atoms with Gasteiger partial charge in [0.25, 0.3) is 0 Å². The molecule has 0 fully saturated rings. The molecule has 1 aliphatic carbocycles. The molecule has 226 valence electrons. The van der Waals surface area contributed by atoms with Crippen LogP contribution in [0.15, 0.2) is 66.7 Å². The Morgan fingerprint density at radius 3 is 2.57 bits per heavy atom. The first-order valence-corrected chi connectivity index (χ1v) is 14.5. The minimum absolute atomic E-state index is 0. The molecule has 2 aliphatic rings. The van der Waals surface area contributed by atoms with Gasteiger partial charge < -0.3 is 18.9 Å². The summed E-state index contributed by atoms with van der Waals surface area (Å²) in [7, 11) is 1.50. The van der Waals surface area contributed by atoms with E-state index in [0.29, 0.717) is 19.3 Å². The number of esters is 1. The number of carbonyl (C=O) groups excluding carboxylic acids is 1. The molecular weight excluding hydrogens is 557 g/mol. The number of hydrogen-bond acceptors (Lipinski definition) is 6. The van der Waals surface area contributed by atoms with Gasteiger partial charge in [0.2, 0.25) is 6.79 Å². The van der Waals surface area contributed by atoms with Gasteiger partial charge in [-0.3, -0.25) is 4.90 Å². The Labute approximate surface area is 254 Å². The molecular formula is C34H41ClFNO5. The molecule has 0 amide bonds. The summed E-state index contributed by atoms with van der Waals surface area (Å²) in [6.45, 7) is 6.81. The molecule has 0 saturated carbocycles. The van der Waals surface area contributed by atoms with Gasteiger partial charge >= 0.3 is 5.97 Å². The number of fused-ring (bicyclic) bond motifs is 2. The van der Waals surface area contributed by atoms with Gasteiger partial charge in [0.15, 0.2) is 11.5 Å². The molecule has 0 bridgehead atoms. The van der Waals surface area contributed by atoms with Gasteiger partial charge in [-0.1, -0.05) is 56.3 Å². The number of methoxy groups -OCH3 is 1. The van der Waals surface area contributed by atoms with E-state index in [4.69, 9.17) is 18.9 Å². The number of rotatable bonds is 12. The number of halogens is 2. The zero-order valence-electron chi connectivity index (χ0n) is 24.6. The Bertz CT molecular complexity index is 1340. The molecule has 6 nitrogen and oxygen atoms in total. The van der Waals surface area contributed by atoms with Crippen LogP contribution in [0.4, 0.5) is 4.39 Å². The Morgan fingerprint density at radius 1 is 1.02 bits per heavy atom. The van der Waals surface area contributed by atoms with Crippen LogP contribution in [0.5, 0.6) is 11.5 Å². The highest BCUT2D eigenvalue weighted by Gasteiger charge is 2.47. The van der Waals surface area contributed by atoms with Crippen molar-refractivity contribution in [2.75, 3.05) is 33.6 Å². The van der Waals surface area contributed by atoms with E-state index in [1.807, 2.05) is 18.2 Å². The van der Waals surface area contributed by atoms with Crippen LogP contribution in [-0.2, 0) is 33.7 Å². The summed E-state index contributed by atoms with van der Waals surface area (Å²) in [4.78, 5) is 15.4. The van der Waals surface area contributed by atoms with Gasteiger partial charge in [0, 0.05) is 39.1 Å². The molecule has 0 N–H and O–H groups in total. The molecule has 0 spiro atoms. The van der Waals surface area contributed by atoms with Crippen molar-refractivity contribution >= 4 is 18.4 Å². The van der Waals surface area contributed by atoms with Gasteiger partial charge in [0.05, 0.1) is 0 Å². The maximum absolute atomic E-state index is 14.2. The minimum atomic E-state index is -0.720. The Morgan fingerprint density at radius 2 is 1.81 bits per heavy atom. The lowest BCUT2D eigenvalue weighted by atomic mass is 9.65. The number of carbonyl (C=O) groups is 1. The second kappa shape index (κ2) is 14.4. The van der Waals surface area contributed by atoms with Gasteiger partial charge in [0.1, 0.15) is 18.0 Å². The van der Waals surface area contributed by atoms with Crippen LogP contribution in [0.1, 0.15) is 54.9 Å². The van der Waals surface area contributed by atoms with Gasteiger partial charge in [-0.15, -0.1) is 12.4 Å². The fourth-order valence-electron chi connectivity index (χ4n) is 6.51. The summed E-state index contributed by atoms with van der Waals surface area (Å²) in [6, 6.07) is 21.6. The predicted molar refractivity (Wildman–Crippen MR) is 163 cm³/mol. The van der Waals surface area contributed by atoms with Crippen LogP contribution >= 0.6 is 12.4 Å². The Kier molecular flexibility index (Phi) is 10.9. The van der Waals surface area contributed by atoms with E-state index in [9.17, 15) is 9.18 Å². The standard InChI is InChI=1S/C34H40FNO5.ClH/c1-24(2)33-29-11-10-28(35)20-27(29)13-15-34(33,41-32(37)22-38-3)16-18-36(21-26-7-5-4-6-8-26)17-14-25-9-12-30-31(19-25)40-23-39-30;/h4-12,19-20,24,33H,13-18,21-23H2,1-3H3;1H/t33-,34-;/m1./s1. The quantitative estimate of drug-likeness (QED) is 0.216. The molecule has 0 radical (unpaired) electrons. The first-order valence-electron chi connectivity index (χ1n) is 14.5. The van der Waals surface area contributed by atoms with E-state index in [1.165, 1.54) is 24.3 Å². The van der Waals surface area contributed by atoms with Gasteiger partial charge in [-0.25, -0.2) is 9.18 Å². The average Bonchev–Trinajstić information content (AvgIpc) is 3.43. The van der Waals surface area contributed by atoms with Gasteiger partial charge in [-0.05, 0) is 71.7 Å². The normalized spacial score (nSPS) is 19.0. The summed E-state index contributed by atoms with van der Waals surface area (Å²) >= 11 is 0. The summed E-state index contributed by atoms with van der Waals surface area (Å²) in [5.41, 5.74) is 3.78. The van der Waals surface area contributed by atoms with E-state index in [0.717, 1.165) is 48.7 Å². The lowest BCUT2D eigenvalue weighted by molar-refractivity contribution is -0.172. The van der Waals surface area contributed by atoms with Crippen molar-refractivity contribution in [3.8, 4) is 11.5 Å². The smallest absolute Gasteiger partial charge is 0.332 e. The Balaban J connectivity index is 0.00000405. The number of benzene rings is 3. The fraction of sp³-hybridized carbons (Fsp3) is 0.441. The topological polar surface area (TPSA) is 57.2 Å². The molecule has 42 heavy (non-hydrogen) atoms. The third-order valence-electron chi connectivity index (χ3n) is 8.32. The molecule has 2 atom stereocenters. The molecule has 1 heterocycles. The van der Waals surface area contributed by atoms with Crippen LogP contribution in [0.2, 0.25) is 0 Å². The SMILES string of the molecule is COCC(=O)O[C@@]1(CCN(CCc2ccc3c(c2)OCO3)Cc2ccccc2)CCc2cc(F)ccc2[C@H]1C(C)C.Cl. The molecule has 1 aliphatic heterocycles. The van der Waals surface area contributed by atoms with Crippen LogP contribution in [0.3, 0.4) is 0 Å². The maximum atomic E-state index is 14.2. The maximum Gasteiger partial charge on any atom is 0.332 e. The second-order valence-electron chi connectivity index (χ2n) is 11.5. The lowest BCUT2D eigenvalue weighted by Crippen LogP contribution is -2.49. The van der Waals surface area contributed by atoms with Crippen molar-refractivity contribution in [2.24, 2.45) is 5.92 Å². The molecule has 3 aromatic rings. The van der Waals surface area contributed by atoms with Crippen molar-refractivity contribution in [1.29, 1.82) is 0 Å². The zero-order chi connectivity index (χ0) is 28.8. The summed E-state index contributed by atoms with van der Waals surface area (Å²) in [6.07, 6.45) is 2.81. The van der Waals surface area contributed by atoms with Gasteiger partial charge in [-0.2, -0.15) is 0 Å². The summed E-state index contributed by atoms with van der Waals surface area (Å²) in [5.74, 6) is 1.11. The van der Waals surface area contributed by atoms with Crippen LogP contribution < -0.4 is 9.47 Å². The lowest BCUT2D eigenvalue weighted by Gasteiger charge is -2.47. The predicted octanol–water partition coefficient (Wildman–Crippen LogP) is 6.73. The number of hydrogen-bond donors (Lipinski definition) is 0. The van der Waals surface area contributed by atoms with E-state index in [-0.39, 0.29) is 49.4 Å². The highest BCUT2D eigenvalue weighted by Crippen LogP contribution is 2.48. The van der Waals surface area contributed by atoms with E-state index >= 15 is 0 Å². The zero-order valence-corrected chi connectivity index (χ0v) is 25.5. The molecule has 0 aromatic heterocycles. The Hall–Kier alpha value is -3.13. The first-order chi connectivity index (χ1) is 19.9. The van der Waals surface area contributed by atoms with Crippen LogP contribution in [0, 0.1) is 11.7 Å². The van der Waals surface area contributed by atoms with Crippen molar-refractivity contribution in [3.63, 3.8) is 0 Å². The van der Waals surface area contributed by atoms with E-state index in [1.54, 1.807) is 6.07 Å². The summed E-state index contributed by atoms with van der Waals surface area (Å²) < 4.78 is 36.8. The highest BCUT2D eigenvalue weighted by atomic mass is 35.5. The van der Waals surface area contributed by atoms with Crippen LogP contribution in [0.25, 0.3) is 0 Å². The summed E-state index contributed by atoms with van der Waals surface area (Å²) in [5, 5.41) is 0. The van der Waals surface area contributed by atoms with Crippen molar-refractivity contribution in [2.45, 2.75) is 57.6 Å². The third-order valence-corrected chi connectivity index (χ3v) is 8.32. The number of nitrogens with zero attached hydrogens (tertiary/aromatic N) is 1. The van der Waals surface area contributed by atoms with Crippen molar-refractivity contribution < 1.29 is 28.1 Å². The molecule has 0 saturated heterocycles. The highest BCUT2D eigenvalue weighted by molar-refractivity contribution is 5.85. The number of ether oxygens (including phenoxy) is 4. The third kappa shape index (κ3) is 7.44. The fourth-order valence-corrected chi connectivity index (χ4v) is 6.51. The molecule has 8 heteroatoms. The average molecular weight is 598 g/mol. The molecule has 0 unspecified atom stereocenters. The van der Waals surface area contributed by atoms with E-state index < -0.39 is 5.60 Å². The van der Waals surface area contributed by atoms with Crippen molar-refractivity contribution in [1.82, 2.24) is 4.90 Å². The minimum Gasteiger partial charge on any atom is -0.457 e. The molecule has 5 rings (SSSR count). The van der Waals surface area contributed by atoms with Crippen molar-refractivity contribution in [3.05, 3.63) is 94.8 Å².